The van der Waals surface area contributed by atoms with Crippen molar-refractivity contribution in [3.05, 3.63) is 218 Å². The summed E-state index contributed by atoms with van der Waals surface area (Å²) in [5, 5.41) is 18.0. The van der Waals surface area contributed by atoms with E-state index in [-0.39, 0.29) is 0 Å². The van der Waals surface area contributed by atoms with E-state index in [1.807, 2.05) is 22.7 Å². The lowest BCUT2D eigenvalue weighted by atomic mass is 9.83. The Kier molecular flexibility index (Phi) is 7.83. The molecule has 0 spiro atoms. The van der Waals surface area contributed by atoms with Crippen LogP contribution in [0, 0.1) is 0 Å². The SMILES string of the molecule is c1ccc2cc(-c3ccc(-c4c5ccccc5c(-c5ccc(-c6ccc7cc8sc9cc%10c(cc9c8cc7c6)sc6ccccc6%10)c6ccccc56)c5ccccc45)cc3)ccc2c1. The van der Waals surface area contributed by atoms with Crippen molar-refractivity contribution in [1.29, 1.82) is 0 Å². The molecule has 0 fully saturated rings. The van der Waals surface area contributed by atoms with E-state index < -0.39 is 0 Å². The Labute approximate surface area is 377 Å². The van der Waals surface area contributed by atoms with E-state index in [1.165, 1.54) is 139 Å². The zero-order valence-corrected chi connectivity index (χ0v) is 36.2. The van der Waals surface area contributed by atoms with Gasteiger partial charge in [0.05, 0.1) is 0 Å². The smallest absolute Gasteiger partial charge is 0.0362 e. The molecular formula is C62H36S2. The molecule has 0 saturated heterocycles. The van der Waals surface area contributed by atoms with Gasteiger partial charge in [0.2, 0.25) is 0 Å². The Morgan fingerprint density at radius 3 is 1.39 bits per heavy atom. The van der Waals surface area contributed by atoms with Crippen LogP contribution in [0.2, 0.25) is 0 Å². The number of fused-ring (bicyclic) bond motifs is 11. The van der Waals surface area contributed by atoms with Crippen molar-refractivity contribution in [1.82, 2.24) is 0 Å². The lowest BCUT2D eigenvalue weighted by Gasteiger charge is -2.20. The molecule has 0 unspecified atom stereocenters. The van der Waals surface area contributed by atoms with Gasteiger partial charge in [0.1, 0.15) is 0 Å². The Bertz CT molecular complexity index is 4180. The Balaban J connectivity index is 0.906. The average Bonchev–Trinajstić information content (AvgIpc) is 3.90. The summed E-state index contributed by atoms with van der Waals surface area (Å²) in [6.45, 7) is 0. The highest BCUT2D eigenvalue weighted by Crippen LogP contribution is 2.48. The van der Waals surface area contributed by atoms with Gasteiger partial charge in [0.15, 0.2) is 0 Å². The van der Waals surface area contributed by atoms with Gasteiger partial charge in [-0.3, -0.25) is 0 Å². The van der Waals surface area contributed by atoms with Gasteiger partial charge in [-0.05, 0) is 141 Å². The molecule has 0 bridgehead atoms. The van der Waals surface area contributed by atoms with E-state index in [0.717, 1.165) is 0 Å². The Hall–Kier alpha value is -7.62. The minimum atomic E-state index is 1.22. The van der Waals surface area contributed by atoms with E-state index in [4.69, 9.17) is 0 Å². The topological polar surface area (TPSA) is 0 Å². The third-order valence-corrected chi connectivity index (χ3v) is 15.9. The van der Waals surface area contributed by atoms with Gasteiger partial charge >= 0.3 is 0 Å². The highest BCUT2D eigenvalue weighted by atomic mass is 32.1. The summed E-state index contributed by atoms with van der Waals surface area (Å²) in [7, 11) is 0. The summed E-state index contributed by atoms with van der Waals surface area (Å²) in [4.78, 5) is 0. The van der Waals surface area contributed by atoms with Gasteiger partial charge in [0.25, 0.3) is 0 Å². The van der Waals surface area contributed by atoms with Gasteiger partial charge < -0.3 is 0 Å². The first-order chi connectivity index (χ1) is 31.7. The van der Waals surface area contributed by atoms with Crippen molar-refractivity contribution < 1.29 is 0 Å². The maximum absolute atomic E-state index is 2.43. The zero-order chi connectivity index (χ0) is 41.9. The fraction of sp³-hybridized carbons (Fsp3) is 0. The van der Waals surface area contributed by atoms with E-state index >= 15 is 0 Å². The number of benzene rings is 12. The molecule has 296 valence electrons. The average molecular weight is 845 g/mol. The van der Waals surface area contributed by atoms with Crippen molar-refractivity contribution in [3.63, 3.8) is 0 Å². The van der Waals surface area contributed by atoms with Crippen LogP contribution in [0.5, 0.6) is 0 Å². The lowest BCUT2D eigenvalue weighted by molar-refractivity contribution is 1.63. The van der Waals surface area contributed by atoms with E-state index in [0.29, 0.717) is 0 Å². The van der Waals surface area contributed by atoms with Crippen LogP contribution in [0.1, 0.15) is 0 Å². The van der Waals surface area contributed by atoms with Crippen LogP contribution in [-0.4, -0.2) is 0 Å². The third kappa shape index (κ3) is 5.47. The maximum atomic E-state index is 2.43. The van der Waals surface area contributed by atoms with Crippen LogP contribution < -0.4 is 0 Å². The second-order valence-corrected chi connectivity index (χ2v) is 19.3. The molecule has 14 rings (SSSR count). The minimum absolute atomic E-state index is 1.22. The molecule has 0 amide bonds. The summed E-state index contributed by atoms with van der Waals surface area (Å²) < 4.78 is 5.41. The molecule has 2 heteroatoms. The first-order valence-electron chi connectivity index (χ1n) is 22.0. The molecule has 0 aliphatic heterocycles. The molecule has 0 saturated carbocycles. The standard InChI is InChI=1S/C62H36S2/c1-2-12-40-31-41(26-23-37(40)11-1)38-21-24-39(25-22-38)61-49-16-5-7-18-51(49)62(52-19-8-6-17-50(52)61)53-30-29-45(46-13-3-4-14-47(46)53)43-28-27-42-34-58-54(33-44(42)32-43)56-36-59-55(35-60(56)64-58)48-15-9-10-20-57(48)63-59/h1-36H. The van der Waals surface area contributed by atoms with Crippen molar-refractivity contribution in [2.75, 3.05) is 0 Å². The summed E-state index contributed by atoms with van der Waals surface area (Å²) in [6, 6.07) is 81.8. The summed E-state index contributed by atoms with van der Waals surface area (Å²) >= 11 is 3.81. The zero-order valence-electron chi connectivity index (χ0n) is 34.6. The maximum Gasteiger partial charge on any atom is 0.0362 e. The third-order valence-electron chi connectivity index (χ3n) is 13.6. The molecule has 0 radical (unpaired) electrons. The van der Waals surface area contributed by atoms with Crippen LogP contribution in [0.3, 0.4) is 0 Å². The minimum Gasteiger partial charge on any atom is -0.135 e. The second kappa shape index (κ2) is 13.9. The van der Waals surface area contributed by atoms with Gasteiger partial charge in [-0.25, -0.2) is 0 Å². The Morgan fingerprint density at radius 1 is 0.203 bits per heavy atom. The molecule has 0 aliphatic carbocycles. The molecule has 2 heterocycles. The first kappa shape index (κ1) is 35.9. The summed E-state index contributed by atoms with van der Waals surface area (Å²) in [6.07, 6.45) is 0. The highest BCUT2D eigenvalue weighted by molar-refractivity contribution is 7.27. The van der Waals surface area contributed by atoms with Crippen molar-refractivity contribution >= 4 is 117 Å². The quantitative estimate of drug-likeness (QED) is 0.155. The second-order valence-electron chi connectivity index (χ2n) is 17.1. The van der Waals surface area contributed by atoms with Crippen LogP contribution in [0.25, 0.3) is 139 Å². The lowest BCUT2D eigenvalue weighted by Crippen LogP contribution is -1.92. The van der Waals surface area contributed by atoms with Gasteiger partial charge in [-0.15, -0.1) is 22.7 Å². The van der Waals surface area contributed by atoms with Crippen LogP contribution in [-0.2, 0) is 0 Å². The van der Waals surface area contributed by atoms with E-state index in [1.54, 1.807) is 0 Å². The molecule has 0 atom stereocenters. The van der Waals surface area contributed by atoms with Crippen LogP contribution in [0.15, 0.2) is 218 Å². The molecule has 0 N–H and O–H groups in total. The molecular weight excluding hydrogens is 809 g/mol. The number of hydrogen-bond donors (Lipinski definition) is 0. The van der Waals surface area contributed by atoms with Crippen molar-refractivity contribution in [3.8, 4) is 44.5 Å². The van der Waals surface area contributed by atoms with Gasteiger partial charge in [0, 0.05) is 40.3 Å². The van der Waals surface area contributed by atoms with Crippen molar-refractivity contribution in [2.24, 2.45) is 0 Å². The molecule has 14 aromatic rings. The van der Waals surface area contributed by atoms with Crippen molar-refractivity contribution in [2.45, 2.75) is 0 Å². The fourth-order valence-electron chi connectivity index (χ4n) is 10.6. The predicted molar refractivity (Wildman–Crippen MR) is 281 cm³/mol. The predicted octanol–water partition coefficient (Wildman–Crippen LogP) is 18.9. The summed E-state index contributed by atoms with van der Waals surface area (Å²) in [5.41, 5.74) is 9.97. The van der Waals surface area contributed by atoms with Crippen LogP contribution >= 0.6 is 22.7 Å². The van der Waals surface area contributed by atoms with E-state index in [9.17, 15) is 0 Å². The Morgan fingerprint density at radius 2 is 0.656 bits per heavy atom. The van der Waals surface area contributed by atoms with Gasteiger partial charge in [-0.2, -0.15) is 0 Å². The van der Waals surface area contributed by atoms with Gasteiger partial charge in [-0.1, -0.05) is 176 Å². The highest BCUT2D eigenvalue weighted by Gasteiger charge is 2.20. The van der Waals surface area contributed by atoms with E-state index in [2.05, 4.69) is 218 Å². The molecule has 12 aromatic carbocycles. The molecule has 64 heavy (non-hydrogen) atoms. The first-order valence-corrected chi connectivity index (χ1v) is 23.6. The number of hydrogen-bond acceptors (Lipinski definition) is 2. The fourth-order valence-corrected chi connectivity index (χ4v) is 12.9. The monoisotopic (exact) mass is 844 g/mol. The molecule has 0 aliphatic rings. The number of rotatable bonds is 4. The largest absolute Gasteiger partial charge is 0.135 e. The number of thiophene rings is 2. The van der Waals surface area contributed by atoms with Crippen LogP contribution in [0.4, 0.5) is 0 Å². The normalized spacial score (nSPS) is 12.1. The molecule has 0 nitrogen and oxygen atoms in total. The molecule has 2 aromatic heterocycles. The summed E-state index contributed by atoms with van der Waals surface area (Å²) in [5.74, 6) is 0.